The third-order valence-corrected chi connectivity index (χ3v) is 4.00. The van der Waals surface area contributed by atoms with Crippen LogP contribution in [0.5, 0.6) is 0 Å². The zero-order chi connectivity index (χ0) is 13.1. The van der Waals surface area contributed by atoms with Crippen molar-refractivity contribution in [1.29, 1.82) is 0 Å². The molecule has 0 radical (unpaired) electrons. The van der Waals surface area contributed by atoms with Gasteiger partial charge in [0.25, 0.3) is 0 Å². The quantitative estimate of drug-likeness (QED) is 0.735. The van der Waals surface area contributed by atoms with Crippen molar-refractivity contribution in [2.45, 2.75) is 32.1 Å². The Morgan fingerprint density at radius 1 is 1.11 bits per heavy atom. The van der Waals surface area contributed by atoms with Crippen LogP contribution in [0.3, 0.4) is 0 Å². The van der Waals surface area contributed by atoms with E-state index in [2.05, 4.69) is 36.4 Å². The summed E-state index contributed by atoms with van der Waals surface area (Å²) in [5.41, 5.74) is 4.49. The lowest BCUT2D eigenvalue weighted by atomic mass is 9.87. The van der Waals surface area contributed by atoms with Crippen molar-refractivity contribution in [3.63, 3.8) is 0 Å². The Hall–Kier alpha value is -1.76. The maximum absolute atomic E-state index is 4.94. The van der Waals surface area contributed by atoms with Gasteiger partial charge in [-0.3, -0.25) is 0 Å². The molecule has 0 spiro atoms. The minimum atomic E-state index is 0.931. The summed E-state index contributed by atoms with van der Waals surface area (Å²) in [6.07, 6.45) is 9.92. The molecule has 0 aliphatic heterocycles. The van der Waals surface area contributed by atoms with Crippen LogP contribution in [-0.2, 0) is 24.0 Å². The topological polar surface area (TPSA) is 9.23 Å². The molecule has 0 saturated heterocycles. The van der Waals surface area contributed by atoms with Crippen LogP contribution in [0.2, 0.25) is 0 Å². The van der Waals surface area contributed by atoms with Crippen molar-refractivity contribution < 1.29 is 4.74 Å². The first-order valence-corrected chi connectivity index (χ1v) is 7.09. The summed E-state index contributed by atoms with van der Waals surface area (Å²) in [5.74, 6) is 0. The Kier molecular flexibility index (Phi) is 3.54. The van der Waals surface area contributed by atoms with Crippen LogP contribution in [0, 0.1) is 0 Å². The highest BCUT2D eigenvalue weighted by molar-refractivity contribution is 5.87. The Labute approximate surface area is 114 Å². The fourth-order valence-electron chi connectivity index (χ4n) is 3.04. The third kappa shape index (κ3) is 2.51. The number of hydrogen-bond donors (Lipinski definition) is 0. The van der Waals surface area contributed by atoms with Crippen molar-refractivity contribution >= 4 is 10.8 Å². The molecule has 0 heterocycles. The number of methoxy groups -OCH3 is 1. The average Bonchev–Trinajstić information content (AvgIpc) is 2.47. The second-order valence-electron chi connectivity index (χ2n) is 5.28. The largest absolute Gasteiger partial charge is 0.505 e. The molecule has 0 fully saturated rings. The van der Waals surface area contributed by atoms with E-state index in [9.17, 15) is 0 Å². The Morgan fingerprint density at radius 3 is 2.89 bits per heavy atom. The van der Waals surface area contributed by atoms with Crippen LogP contribution in [0.4, 0.5) is 0 Å². The highest BCUT2D eigenvalue weighted by Crippen LogP contribution is 2.29. The fourth-order valence-corrected chi connectivity index (χ4v) is 3.04. The SMILES string of the molecule is CO/C=C/Cc1ccc2c3c(ccc2c1)CCCC3. The van der Waals surface area contributed by atoms with Crippen LogP contribution < -0.4 is 0 Å². The van der Waals surface area contributed by atoms with Gasteiger partial charge in [-0.2, -0.15) is 0 Å². The molecule has 0 aromatic heterocycles. The molecule has 2 aromatic rings. The molecule has 19 heavy (non-hydrogen) atoms. The number of aryl methyl sites for hydroxylation is 2. The zero-order valence-corrected chi connectivity index (χ0v) is 11.5. The molecule has 3 rings (SSSR count). The number of benzene rings is 2. The molecule has 0 saturated carbocycles. The molecule has 98 valence electrons. The van der Waals surface area contributed by atoms with E-state index in [1.165, 1.54) is 42.0 Å². The number of fused-ring (bicyclic) bond motifs is 3. The van der Waals surface area contributed by atoms with E-state index in [1.807, 2.05) is 0 Å². The van der Waals surface area contributed by atoms with Gasteiger partial charge in [0.2, 0.25) is 0 Å². The van der Waals surface area contributed by atoms with Gasteiger partial charge in [-0.25, -0.2) is 0 Å². The summed E-state index contributed by atoms with van der Waals surface area (Å²) in [5, 5.41) is 2.83. The van der Waals surface area contributed by atoms with Gasteiger partial charge in [0.05, 0.1) is 13.4 Å². The second-order valence-corrected chi connectivity index (χ2v) is 5.28. The van der Waals surface area contributed by atoms with Gasteiger partial charge < -0.3 is 4.74 Å². The van der Waals surface area contributed by atoms with E-state index in [-0.39, 0.29) is 0 Å². The van der Waals surface area contributed by atoms with E-state index < -0.39 is 0 Å². The van der Waals surface area contributed by atoms with Crippen LogP contribution in [-0.4, -0.2) is 7.11 Å². The van der Waals surface area contributed by atoms with Gasteiger partial charge in [-0.15, -0.1) is 0 Å². The summed E-state index contributed by atoms with van der Waals surface area (Å²) in [7, 11) is 1.68. The van der Waals surface area contributed by atoms with Crippen LogP contribution in [0.25, 0.3) is 10.8 Å². The van der Waals surface area contributed by atoms with E-state index >= 15 is 0 Å². The number of allylic oxidation sites excluding steroid dienone is 1. The number of ether oxygens (including phenoxy) is 1. The molecule has 2 aromatic carbocycles. The maximum Gasteiger partial charge on any atom is 0.0788 e. The second kappa shape index (κ2) is 5.48. The van der Waals surface area contributed by atoms with E-state index in [4.69, 9.17) is 4.74 Å². The number of hydrogen-bond acceptors (Lipinski definition) is 1. The molecule has 1 aliphatic rings. The van der Waals surface area contributed by atoms with E-state index in [0.717, 1.165) is 6.42 Å². The van der Waals surface area contributed by atoms with Crippen molar-refractivity contribution in [3.8, 4) is 0 Å². The molecule has 1 nitrogen and oxygen atoms in total. The molecular weight excluding hydrogens is 232 g/mol. The van der Waals surface area contributed by atoms with Gasteiger partial charge in [0.15, 0.2) is 0 Å². The van der Waals surface area contributed by atoms with Gasteiger partial charge in [0, 0.05) is 0 Å². The molecule has 1 heteroatoms. The van der Waals surface area contributed by atoms with Crippen LogP contribution in [0.15, 0.2) is 42.7 Å². The first-order chi connectivity index (χ1) is 9.38. The Bertz CT molecular complexity index is 610. The summed E-state index contributed by atoms with van der Waals surface area (Å²) in [4.78, 5) is 0. The number of rotatable bonds is 3. The molecule has 1 aliphatic carbocycles. The summed E-state index contributed by atoms with van der Waals surface area (Å²) < 4.78 is 4.94. The fraction of sp³-hybridized carbons (Fsp3) is 0.333. The molecule has 0 bridgehead atoms. The van der Waals surface area contributed by atoms with Gasteiger partial charge in [-0.05, 0) is 65.6 Å². The first kappa shape index (κ1) is 12.3. The molecular formula is C18H20O. The molecule has 0 amide bonds. The normalized spacial score (nSPS) is 14.8. The summed E-state index contributed by atoms with van der Waals surface area (Å²) in [6.45, 7) is 0. The first-order valence-electron chi connectivity index (χ1n) is 7.09. The van der Waals surface area contributed by atoms with Crippen molar-refractivity contribution in [1.82, 2.24) is 0 Å². The van der Waals surface area contributed by atoms with Gasteiger partial charge in [0.1, 0.15) is 0 Å². The molecule has 0 unspecified atom stereocenters. The van der Waals surface area contributed by atoms with E-state index in [1.54, 1.807) is 24.5 Å². The molecule has 0 atom stereocenters. The summed E-state index contributed by atoms with van der Waals surface area (Å²) >= 11 is 0. The zero-order valence-electron chi connectivity index (χ0n) is 11.5. The van der Waals surface area contributed by atoms with Crippen molar-refractivity contribution in [3.05, 3.63) is 59.4 Å². The average molecular weight is 252 g/mol. The minimum Gasteiger partial charge on any atom is -0.505 e. The third-order valence-electron chi connectivity index (χ3n) is 4.00. The standard InChI is InChI=1S/C18H20O/c1-19-12-4-5-14-8-11-18-16(13-14)10-9-15-6-2-3-7-17(15)18/h4,8-13H,2-3,5-7H2,1H3/b12-4+. The predicted octanol–water partition coefficient (Wildman–Crippen LogP) is 4.42. The lowest BCUT2D eigenvalue weighted by Gasteiger charge is -2.18. The molecule has 0 N–H and O–H groups in total. The highest BCUT2D eigenvalue weighted by Gasteiger charge is 2.12. The lowest BCUT2D eigenvalue weighted by Crippen LogP contribution is -2.03. The van der Waals surface area contributed by atoms with E-state index in [0.29, 0.717) is 0 Å². The smallest absolute Gasteiger partial charge is 0.0788 e. The van der Waals surface area contributed by atoms with Crippen LogP contribution in [0.1, 0.15) is 29.5 Å². The maximum atomic E-state index is 4.94. The van der Waals surface area contributed by atoms with Gasteiger partial charge >= 0.3 is 0 Å². The Balaban J connectivity index is 1.98. The highest BCUT2D eigenvalue weighted by atomic mass is 16.5. The van der Waals surface area contributed by atoms with Gasteiger partial charge in [-0.1, -0.05) is 30.3 Å². The van der Waals surface area contributed by atoms with Crippen molar-refractivity contribution in [2.24, 2.45) is 0 Å². The monoisotopic (exact) mass is 252 g/mol. The predicted molar refractivity (Wildman–Crippen MR) is 80.4 cm³/mol. The summed E-state index contributed by atoms with van der Waals surface area (Å²) in [6, 6.07) is 11.5. The Morgan fingerprint density at radius 2 is 2.00 bits per heavy atom. The lowest BCUT2D eigenvalue weighted by molar-refractivity contribution is 0.337. The minimum absolute atomic E-state index is 0.931. The van der Waals surface area contributed by atoms with Crippen molar-refractivity contribution in [2.75, 3.05) is 7.11 Å². The van der Waals surface area contributed by atoms with Crippen LogP contribution >= 0.6 is 0 Å².